The molecule has 6 aliphatic carbocycles. The van der Waals surface area contributed by atoms with Gasteiger partial charge < -0.3 is 43.5 Å². The topological polar surface area (TPSA) is 291 Å². The predicted molar refractivity (Wildman–Crippen MR) is 425 cm³/mol. The van der Waals surface area contributed by atoms with Crippen LogP contribution in [0.4, 0.5) is 0 Å². The van der Waals surface area contributed by atoms with Crippen molar-refractivity contribution >= 4 is 68.1 Å². The highest BCUT2D eigenvalue weighted by atomic mass is 16.6. The van der Waals surface area contributed by atoms with Crippen molar-refractivity contribution in [2.45, 2.75) is 305 Å². The summed E-state index contributed by atoms with van der Waals surface area (Å²) in [5.41, 5.74) is 1.18. The molecule has 3 N–H and O–H groups in total. The lowest BCUT2D eigenvalue weighted by atomic mass is 9.68. The van der Waals surface area contributed by atoms with Crippen LogP contribution in [0.2, 0.25) is 0 Å². The Balaban J connectivity index is 0.000000126. The first kappa shape index (κ1) is 76.8. The second-order valence-electron chi connectivity index (χ2n) is 35.0. The summed E-state index contributed by atoms with van der Waals surface area (Å²) >= 11 is 0. The Morgan fingerprint density at radius 3 is 0.883 bits per heavy atom. The number of carboxylic acids is 3. The van der Waals surface area contributed by atoms with Gasteiger partial charge in [-0.3, -0.25) is 29.1 Å². The number of hydrogen-bond donors (Lipinski definition) is 3. The minimum Gasteiger partial charge on any atom is -0.476 e. The Morgan fingerprint density at radius 1 is 0.342 bits per heavy atom. The summed E-state index contributed by atoms with van der Waals surface area (Å²) in [4.78, 5) is 114. The van der Waals surface area contributed by atoms with Crippen molar-refractivity contribution in [2.75, 3.05) is 20.3 Å². The second kappa shape index (κ2) is 33.8. The molecule has 6 aromatic rings. The highest BCUT2D eigenvalue weighted by Gasteiger charge is 2.50. The number of oxime groups is 3. The molecule has 0 amide bonds. The number of nitrogens with zero attached hydrogens (tertiary/aromatic N) is 12. The lowest BCUT2D eigenvalue weighted by molar-refractivity contribution is -0.130. The lowest BCUT2D eigenvalue weighted by Crippen LogP contribution is -2.58. The minimum atomic E-state index is -1.32. The molecule has 12 bridgehead atoms. The first-order valence-electron chi connectivity index (χ1n) is 42.7. The highest BCUT2D eigenvalue weighted by Crippen LogP contribution is 2.52. The van der Waals surface area contributed by atoms with Gasteiger partial charge in [0.05, 0.1) is 33.1 Å². The number of aliphatic carboxylic acids is 3. The van der Waals surface area contributed by atoms with E-state index in [1.165, 1.54) is 187 Å². The van der Waals surface area contributed by atoms with E-state index >= 15 is 0 Å². The maximum Gasteiger partial charge on any atom is 0.360 e. The molecule has 594 valence electrons. The molecule has 0 radical (unpaired) electrons. The quantitative estimate of drug-likeness (QED) is 0.0565. The van der Waals surface area contributed by atoms with E-state index in [-0.39, 0.29) is 59.5 Å². The summed E-state index contributed by atoms with van der Waals surface area (Å²) in [6.45, 7) is 3.87. The van der Waals surface area contributed by atoms with Crippen molar-refractivity contribution in [3.05, 3.63) is 121 Å². The molecule has 9 unspecified atom stereocenters. The summed E-state index contributed by atoms with van der Waals surface area (Å²) in [6.07, 6.45) is 42.8. The van der Waals surface area contributed by atoms with E-state index in [0.717, 1.165) is 90.6 Å². The van der Waals surface area contributed by atoms with Gasteiger partial charge in [0.2, 0.25) is 17.1 Å². The van der Waals surface area contributed by atoms with Gasteiger partial charge in [-0.25, -0.2) is 29.3 Å². The molecule has 3 aromatic heterocycles. The molecule has 24 nitrogen and oxygen atoms in total. The van der Waals surface area contributed by atoms with Gasteiger partial charge in [0.1, 0.15) is 20.3 Å². The largest absolute Gasteiger partial charge is 0.476 e. The van der Waals surface area contributed by atoms with Gasteiger partial charge in [-0.15, -0.1) is 0 Å². The molecule has 3 aromatic carbocycles. The van der Waals surface area contributed by atoms with Crippen LogP contribution in [0.15, 0.2) is 103 Å². The summed E-state index contributed by atoms with van der Waals surface area (Å²) in [6, 6.07) is 27.5. The summed E-state index contributed by atoms with van der Waals surface area (Å²) in [5.74, 6) is 1.38. The Hall–Kier alpha value is -8.22. The summed E-state index contributed by atoms with van der Waals surface area (Å²) in [7, 11) is 1.28. The molecular weight excluding hydrogens is 1410 g/mol. The number of carbonyl (C=O) groups is 3. The Labute approximate surface area is 649 Å². The van der Waals surface area contributed by atoms with Crippen LogP contribution in [0.1, 0.15) is 267 Å². The average molecular weight is 1520 g/mol. The highest BCUT2D eigenvalue weighted by molar-refractivity contribution is 6.43. The van der Waals surface area contributed by atoms with E-state index in [0.29, 0.717) is 70.9 Å². The molecule has 6 saturated carbocycles. The van der Waals surface area contributed by atoms with E-state index in [1.807, 2.05) is 86.5 Å². The zero-order valence-electron chi connectivity index (χ0n) is 65.2. The molecule has 0 spiro atoms. The predicted octanol–water partition coefficient (Wildman–Crippen LogP) is 14.2. The number of carboxylic acid groups (broad SMARTS) is 3. The number of piperidine rings is 5. The molecule has 15 atom stereocenters. The molecule has 12 fully saturated rings. The number of para-hydroxylation sites is 6. The Kier molecular flexibility index (Phi) is 23.4. The third-order valence-corrected chi connectivity index (χ3v) is 28.4. The van der Waals surface area contributed by atoms with E-state index in [4.69, 9.17) is 14.5 Å². The summed E-state index contributed by atoms with van der Waals surface area (Å²) < 4.78 is 5.49. The van der Waals surface area contributed by atoms with Crippen LogP contribution in [0.25, 0.3) is 33.1 Å². The standard InChI is InChI=1S/3C29H38N4O4/c1-37-31-27(29(35)36)26-28(34)33(25-12-5-4-11-24(25)30-26)23-16-20-9-6-10-21(17-23)32(20)22-14-18-7-2-3-8-19(13-18)15-22;1-2-37-31-27(29(35)36)26-28(34)33(25-12-4-3-11-24(25)30-26)23-16-20-9-6-10-21(17-23)32(20)22-14-18-7-5-8-19(13-18)15-22;1-2-37-31-27(29(35)36)26-28(34)33(25-10-6-5-9-24(25)30-26)23-16-20-11-12-21(17-23)32(20)22-14-18-7-3-4-8-19(13-18)15-22/h4-5,11-12,18-23H,2-3,6-10,13-17H2,1H3,(H,35,36);3-4,11-12,18-23H,2,5-10,13-17H2,1H3,(H,35,36);5-6,9-10,18-23H,2-4,7-8,11-17H2,1H3,(H,35,36)/b;;31-27-/t3*18?,19?,20-,21+,22?,23?. The number of rotatable bonds is 17. The van der Waals surface area contributed by atoms with Crippen molar-refractivity contribution < 1.29 is 44.2 Å². The van der Waals surface area contributed by atoms with E-state index < -0.39 is 40.6 Å². The molecule has 6 aliphatic heterocycles. The molecule has 18 rings (SSSR count). The van der Waals surface area contributed by atoms with Crippen molar-refractivity contribution in [2.24, 2.45) is 51.0 Å². The van der Waals surface area contributed by atoms with Crippen molar-refractivity contribution in [3.8, 4) is 0 Å². The number of aromatic nitrogens is 6. The fourth-order valence-electron chi connectivity index (χ4n) is 24.5. The van der Waals surface area contributed by atoms with Gasteiger partial charge in [-0.2, -0.15) is 0 Å². The number of hydrogen-bond acceptors (Lipinski definition) is 18. The molecule has 12 aliphatic rings. The van der Waals surface area contributed by atoms with Crippen LogP contribution in [0.5, 0.6) is 0 Å². The van der Waals surface area contributed by atoms with Gasteiger partial charge in [0, 0.05) is 72.5 Å². The fraction of sp³-hybridized carbons (Fsp3) is 0.655. The van der Waals surface area contributed by atoms with Crippen LogP contribution >= 0.6 is 0 Å². The minimum absolute atomic E-state index is 0.00848. The first-order valence-corrected chi connectivity index (χ1v) is 42.7. The Bertz CT molecular complexity index is 4610. The molecule has 111 heavy (non-hydrogen) atoms. The number of fused-ring (bicyclic) bond motifs is 15. The van der Waals surface area contributed by atoms with Crippen LogP contribution in [-0.4, -0.2) is 168 Å². The van der Waals surface area contributed by atoms with Gasteiger partial charge in [0.15, 0.2) is 17.1 Å². The van der Waals surface area contributed by atoms with E-state index in [9.17, 15) is 44.1 Å². The van der Waals surface area contributed by atoms with Crippen molar-refractivity contribution in [3.63, 3.8) is 0 Å². The second-order valence-corrected chi connectivity index (χ2v) is 35.0. The normalized spacial score (nSPS) is 32.4. The van der Waals surface area contributed by atoms with Crippen molar-refractivity contribution in [1.82, 2.24) is 43.4 Å². The molecule has 9 heterocycles. The van der Waals surface area contributed by atoms with E-state index in [2.05, 4.69) is 45.1 Å². The van der Waals surface area contributed by atoms with Crippen LogP contribution in [-0.2, 0) is 28.9 Å². The molecule has 6 saturated heterocycles. The third kappa shape index (κ3) is 15.9. The molecular formula is C87H114N12O12. The third-order valence-electron chi connectivity index (χ3n) is 28.4. The monoisotopic (exact) mass is 1520 g/mol. The molecule has 24 heteroatoms. The SMILES string of the molecule is CCO/N=C(\C(=O)O)c1nc2ccccc2n(C2C[C@H]3CC[C@@H](C2)N3C2CC3CCCCC(C3)C2)c1=O.CCON=C(C(=O)O)c1nc2ccccc2n(C2C[C@H]3CCC[C@@H](C2)N3C2CC3CCCC(C3)C2)c1=O.CON=C(C(=O)O)c1nc2ccccc2n(C2C[C@H]3CCC[C@@H](C2)N3C2CC3CCCCC(C3)C2)c1=O. The van der Waals surface area contributed by atoms with Gasteiger partial charge in [-0.1, -0.05) is 135 Å². The lowest BCUT2D eigenvalue weighted by Gasteiger charge is -2.55. The van der Waals surface area contributed by atoms with Crippen molar-refractivity contribution in [1.29, 1.82) is 0 Å². The zero-order chi connectivity index (χ0) is 76.6. The smallest absolute Gasteiger partial charge is 0.360 e. The maximum absolute atomic E-state index is 13.9. The zero-order valence-corrected chi connectivity index (χ0v) is 65.2. The average Bonchev–Trinajstić information content (AvgIpc) is 1.56. The van der Waals surface area contributed by atoms with Gasteiger partial charge in [-0.05, 0) is 221 Å². The Morgan fingerprint density at radius 2 is 0.604 bits per heavy atom. The first-order chi connectivity index (χ1) is 54.1. The van der Waals surface area contributed by atoms with Crippen LogP contribution < -0.4 is 16.7 Å². The number of benzene rings is 3. The summed E-state index contributed by atoms with van der Waals surface area (Å²) in [5, 5.41) is 40.5. The van der Waals surface area contributed by atoms with Gasteiger partial charge >= 0.3 is 17.9 Å². The van der Waals surface area contributed by atoms with Crippen LogP contribution in [0.3, 0.4) is 0 Å². The van der Waals surface area contributed by atoms with E-state index in [1.54, 1.807) is 13.8 Å². The fourth-order valence-corrected chi connectivity index (χ4v) is 24.5. The van der Waals surface area contributed by atoms with Crippen LogP contribution in [0, 0.1) is 35.5 Å². The maximum atomic E-state index is 13.9. The van der Waals surface area contributed by atoms with Gasteiger partial charge in [0.25, 0.3) is 16.7 Å².